The SMILES string of the molecule is CCCCOCCCNCc1cc(C(=O)O)ccc1F. The van der Waals surface area contributed by atoms with Crippen LogP contribution in [0.2, 0.25) is 0 Å². The molecule has 0 saturated heterocycles. The van der Waals surface area contributed by atoms with E-state index >= 15 is 0 Å². The maximum atomic E-state index is 13.5. The quantitative estimate of drug-likeness (QED) is 0.648. The molecule has 0 spiro atoms. The summed E-state index contributed by atoms with van der Waals surface area (Å²) < 4.78 is 18.9. The third kappa shape index (κ3) is 6.12. The molecule has 0 amide bonds. The van der Waals surface area contributed by atoms with E-state index in [0.29, 0.717) is 25.3 Å². The number of nitrogens with one attached hydrogen (secondary N) is 1. The molecule has 4 nitrogen and oxygen atoms in total. The van der Waals surface area contributed by atoms with Crippen LogP contribution >= 0.6 is 0 Å². The maximum absolute atomic E-state index is 13.5. The molecule has 0 unspecified atom stereocenters. The fraction of sp³-hybridized carbons (Fsp3) is 0.533. The Morgan fingerprint density at radius 1 is 1.35 bits per heavy atom. The lowest BCUT2D eigenvalue weighted by Gasteiger charge is -2.07. The van der Waals surface area contributed by atoms with Gasteiger partial charge >= 0.3 is 5.97 Å². The zero-order valence-electron chi connectivity index (χ0n) is 11.8. The van der Waals surface area contributed by atoms with Crippen molar-refractivity contribution in [1.29, 1.82) is 0 Å². The van der Waals surface area contributed by atoms with E-state index in [1.807, 2.05) is 0 Å². The molecule has 0 aliphatic heterocycles. The van der Waals surface area contributed by atoms with Gasteiger partial charge in [-0.3, -0.25) is 0 Å². The number of hydrogen-bond donors (Lipinski definition) is 2. The Kier molecular flexibility index (Phi) is 7.84. The van der Waals surface area contributed by atoms with E-state index in [4.69, 9.17) is 9.84 Å². The van der Waals surface area contributed by atoms with E-state index in [9.17, 15) is 9.18 Å². The highest BCUT2D eigenvalue weighted by molar-refractivity contribution is 5.87. The molecule has 0 radical (unpaired) electrons. The summed E-state index contributed by atoms with van der Waals surface area (Å²) in [6.45, 7) is 4.62. The zero-order chi connectivity index (χ0) is 14.8. The van der Waals surface area contributed by atoms with Gasteiger partial charge in [-0.2, -0.15) is 0 Å². The number of aromatic carboxylic acids is 1. The molecule has 0 saturated carbocycles. The van der Waals surface area contributed by atoms with Crippen molar-refractivity contribution in [3.63, 3.8) is 0 Å². The standard InChI is InChI=1S/C15H22FNO3/c1-2-3-8-20-9-4-7-17-11-13-10-12(15(18)19)5-6-14(13)16/h5-6,10,17H,2-4,7-9,11H2,1H3,(H,18,19). The minimum absolute atomic E-state index is 0.103. The molecule has 1 aromatic carbocycles. The molecule has 1 aromatic rings. The van der Waals surface area contributed by atoms with Crippen molar-refractivity contribution in [3.05, 3.63) is 35.1 Å². The van der Waals surface area contributed by atoms with E-state index in [2.05, 4.69) is 12.2 Å². The van der Waals surface area contributed by atoms with E-state index in [1.165, 1.54) is 18.2 Å². The van der Waals surface area contributed by atoms with Crippen molar-refractivity contribution in [2.24, 2.45) is 0 Å². The Morgan fingerprint density at radius 3 is 2.80 bits per heavy atom. The summed E-state index contributed by atoms with van der Waals surface area (Å²) in [7, 11) is 0. The zero-order valence-corrected chi connectivity index (χ0v) is 11.8. The molecule has 0 aliphatic rings. The van der Waals surface area contributed by atoms with Gasteiger partial charge in [-0.1, -0.05) is 13.3 Å². The number of carboxylic acid groups (broad SMARTS) is 1. The number of carboxylic acids is 1. The Bertz CT molecular complexity index is 424. The smallest absolute Gasteiger partial charge is 0.335 e. The number of hydrogen-bond acceptors (Lipinski definition) is 3. The topological polar surface area (TPSA) is 58.6 Å². The molecule has 0 heterocycles. The molecule has 0 atom stereocenters. The molecule has 5 heteroatoms. The number of rotatable bonds is 10. The van der Waals surface area contributed by atoms with Gasteiger partial charge in [-0.15, -0.1) is 0 Å². The maximum Gasteiger partial charge on any atom is 0.335 e. The van der Waals surface area contributed by atoms with Gasteiger partial charge in [0.05, 0.1) is 5.56 Å². The van der Waals surface area contributed by atoms with Crippen LogP contribution in [0.4, 0.5) is 4.39 Å². The molecular formula is C15H22FNO3. The average Bonchev–Trinajstić information content (AvgIpc) is 2.43. The van der Waals surface area contributed by atoms with E-state index in [-0.39, 0.29) is 11.4 Å². The van der Waals surface area contributed by atoms with Crippen molar-refractivity contribution in [1.82, 2.24) is 5.32 Å². The van der Waals surface area contributed by atoms with Crippen molar-refractivity contribution in [2.45, 2.75) is 32.7 Å². The van der Waals surface area contributed by atoms with Gasteiger partial charge < -0.3 is 15.2 Å². The van der Waals surface area contributed by atoms with E-state index in [1.54, 1.807) is 0 Å². The summed E-state index contributed by atoms with van der Waals surface area (Å²) in [4.78, 5) is 10.8. The molecular weight excluding hydrogens is 261 g/mol. The van der Waals surface area contributed by atoms with Gasteiger partial charge in [-0.05, 0) is 37.6 Å². The van der Waals surface area contributed by atoms with Crippen LogP contribution in [-0.4, -0.2) is 30.8 Å². The van der Waals surface area contributed by atoms with Gasteiger partial charge in [0, 0.05) is 25.3 Å². The summed E-state index contributed by atoms with van der Waals surface area (Å²) in [5.41, 5.74) is 0.475. The monoisotopic (exact) mass is 283 g/mol. The second-order valence-corrected chi connectivity index (χ2v) is 4.61. The number of carbonyl (C=O) groups is 1. The third-order valence-electron chi connectivity index (χ3n) is 2.89. The second-order valence-electron chi connectivity index (χ2n) is 4.61. The Morgan fingerprint density at radius 2 is 2.10 bits per heavy atom. The fourth-order valence-electron chi connectivity index (χ4n) is 1.71. The summed E-state index contributed by atoms with van der Waals surface area (Å²) in [6, 6.07) is 3.82. The summed E-state index contributed by atoms with van der Waals surface area (Å²) >= 11 is 0. The lowest BCUT2D eigenvalue weighted by atomic mass is 10.1. The lowest BCUT2D eigenvalue weighted by molar-refractivity contribution is 0.0696. The lowest BCUT2D eigenvalue weighted by Crippen LogP contribution is -2.17. The summed E-state index contributed by atoms with van der Waals surface area (Å²) in [5.74, 6) is -1.43. The highest BCUT2D eigenvalue weighted by Crippen LogP contribution is 2.10. The first-order valence-corrected chi connectivity index (χ1v) is 6.95. The minimum Gasteiger partial charge on any atom is -0.478 e. The molecule has 0 aliphatic carbocycles. The highest BCUT2D eigenvalue weighted by atomic mass is 19.1. The highest BCUT2D eigenvalue weighted by Gasteiger charge is 2.07. The third-order valence-corrected chi connectivity index (χ3v) is 2.89. The molecule has 0 fully saturated rings. The molecule has 0 bridgehead atoms. The van der Waals surface area contributed by atoms with E-state index < -0.39 is 5.97 Å². The molecule has 1 rings (SSSR count). The first-order valence-electron chi connectivity index (χ1n) is 6.95. The van der Waals surface area contributed by atoms with Crippen molar-refractivity contribution >= 4 is 5.97 Å². The second kappa shape index (κ2) is 9.44. The fourth-order valence-corrected chi connectivity index (χ4v) is 1.71. The van der Waals surface area contributed by atoms with Gasteiger partial charge in [0.2, 0.25) is 0 Å². The molecule has 0 aromatic heterocycles. The van der Waals surface area contributed by atoms with Crippen LogP contribution in [0.1, 0.15) is 42.1 Å². The van der Waals surface area contributed by atoms with Crippen molar-refractivity contribution in [3.8, 4) is 0 Å². The number of halogens is 1. The molecule has 112 valence electrons. The minimum atomic E-state index is -1.05. The molecule has 2 N–H and O–H groups in total. The van der Waals surface area contributed by atoms with Crippen LogP contribution < -0.4 is 5.32 Å². The van der Waals surface area contributed by atoms with Gasteiger partial charge in [-0.25, -0.2) is 9.18 Å². The van der Waals surface area contributed by atoms with Crippen LogP contribution in [0.15, 0.2) is 18.2 Å². The van der Waals surface area contributed by atoms with Crippen LogP contribution in [0.25, 0.3) is 0 Å². The van der Waals surface area contributed by atoms with E-state index in [0.717, 1.165) is 25.9 Å². The largest absolute Gasteiger partial charge is 0.478 e. The summed E-state index contributed by atoms with van der Waals surface area (Å²) in [6.07, 6.45) is 3.04. The number of ether oxygens (including phenoxy) is 1. The van der Waals surface area contributed by atoms with Gasteiger partial charge in [0.25, 0.3) is 0 Å². The van der Waals surface area contributed by atoms with Gasteiger partial charge in [0.15, 0.2) is 0 Å². The Balaban J connectivity index is 2.24. The van der Waals surface area contributed by atoms with Crippen LogP contribution in [0.5, 0.6) is 0 Å². The first-order chi connectivity index (χ1) is 9.65. The van der Waals surface area contributed by atoms with Crippen LogP contribution in [0.3, 0.4) is 0 Å². The summed E-state index contributed by atoms with van der Waals surface area (Å²) in [5, 5.41) is 11.9. The first kappa shape index (κ1) is 16.6. The normalized spacial score (nSPS) is 10.7. The Labute approximate surface area is 119 Å². The number of benzene rings is 1. The number of unbranched alkanes of at least 4 members (excludes halogenated alkanes) is 1. The van der Waals surface area contributed by atoms with Crippen molar-refractivity contribution in [2.75, 3.05) is 19.8 Å². The average molecular weight is 283 g/mol. The van der Waals surface area contributed by atoms with Crippen LogP contribution in [0, 0.1) is 5.82 Å². The van der Waals surface area contributed by atoms with Gasteiger partial charge in [0.1, 0.15) is 5.82 Å². The predicted molar refractivity (Wildman–Crippen MR) is 75.4 cm³/mol. The van der Waals surface area contributed by atoms with Crippen LogP contribution in [-0.2, 0) is 11.3 Å². The molecule has 20 heavy (non-hydrogen) atoms. The van der Waals surface area contributed by atoms with Crippen molar-refractivity contribution < 1.29 is 19.0 Å². The Hall–Kier alpha value is -1.46. The predicted octanol–water partition coefficient (Wildman–Crippen LogP) is 2.82.